The zero-order valence-electron chi connectivity index (χ0n) is 13.1. The maximum atomic E-state index is 12.2. The van der Waals surface area contributed by atoms with E-state index in [1.54, 1.807) is 0 Å². The molecule has 3 rings (SSSR count). The summed E-state index contributed by atoms with van der Waals surface area (Å²) in [4.78, 5) is 23.3. The number of carboxylic acids is 1. The molecule has 24 heavy (non-hydrogen) atoms. The van der Waals surface area contributed by atoms with Crippen molar-refractivity contribution in [3.8, 4) is 11.5 Å². The molecule has 1 heterocycles. The molecule has 1 saturated carbocycles. The van der Waals surface area contributed by atoms with Gasteiger partial charge in [0.05, 0.1) is 12.5 Å². The lowest BCUT2D eigenvalue weighted by molar-refractivity contribution is -0.144. The number of rotatable bonds is 5. The number of benzene rings is 1. The van der Waals surface area contributed by atoms with E-state index >= 15 is 0 Å². The third-order valence-electron chi connectivity index (χ3n) is 4.30. The van der Waals surface area contributed by atoms with Gasteiger partial charge in [-0.1, -0.05) is 24.6 Å². The molecule has 7 nitrogen and oxygen atoms in total. The lowest BCUT2D eigenvalue weighted by Gasteiger charge is -2.25. The summed E-state index contributed by atoms with van der Waals surface area (Å²) in [6.07, 6.45) is 2.51. The van der Waals surface area contributed by atoms with Gasteiger partial charge in [-0.2, -0.15) is 0 Å². The Morgan fingerprint density at radius 1 is 1.17 bits per heavy atom. The van der Waals surface area contributed by atoms with Crippen LogP contribution in [0.4, 0.5) is 0 Å². The monoisotopic (exact) mass is 329 g/mol. The van der Waals surface area contributed by atoms with Crippen molar-refractivity contribution >= 4 is 11.9 Å². The second kappa shape index (κ2) is 7.25. The summed E-state index contributed by atoms with van der Waals surface area (Å²) in [5.41, 5.74) is 0.819. The predicted molar refractivity (Wildman–Crippen MR) is 84.7 cm³/mol. The SMILES string of the molecule is O=C(O)[C@H]1CCC[C@@H](C(=O)NCc2nnc(-c3ccccc3)o2)C1. The maximum Gasteiger partial charge on any atom is 0.306 e. The Hall–Kier alpha value is -2.70. The fraction of sp³-hybridized carbons (Fsp3) is 0.412. The highest BCUT2D eigenvalue weighted by molar-refractivity contribution is 5.80. The van der Waals surface area contributed by atoms with Crippen LogP contribution in [0.25, 0.3) is 11.5 Å². The Balaban J connectivity index is 1.55. The van der Waals surface area contributed by atoms with Crippen molar-refractivity contribution in [1.29, 1.82) is 0 Å². The minimum absolute atomic E-state index is 0.146. The van der Waals surface area contributed by atoms with Crippen molar-refractivity contribution < 1.29 is 19.1 Å². The Kier molecular flexibility index (Phi) is 4.88. The van der Waals surface area contributed by atoms with Crippen LogP contribution in [0.3, 0.4) is 0 Å². The summed E-state index contributed by atoms with van der Waals surface area (Å²) >= 11 is 0. The standard InChI is InChI=1S/C17H19N3O4/c21-15(12-7-4-8-13(9-12)17(22)23)18-10-14-19-20-16(24-14)11-5-2-1-3-6-11/h1-3,5-6,12-13H,4,7-10H2,(H,18,21)(H,22,23)/t12-,13+/m1/s1. The van der Waals surface area contributed by atoms with Crippen molar-refractivity contribution in [2.75, 3.05) is 0 Å². The second-order valence-corrected chi connectivity index (χ2v) is 5.98. The van der Waals surface area contributed by atoms with E-state index in [0.29, 0.717) is 31.0 Å². The first-order chi connectivity index (χ1) is 11.6. The molecule has 126 valence electrons. The topological polar surface area (TPSA) is 105 Å². The number of amides is 1. The van der Waals surface area contributed by atoms with Crippen LogP contribution in [0.15, 0.2) is 34.7 Å². The number of nitrogens with one attached hydrogen (secondary N) is 1. The van der Waals surface area contributed by atoms with Crippen LogP contribution in [0.1, 0.15) is 31.6 Å². The van der Waals surface area contributed by atoms with Crippen LogP contribution >= 0.6 is 0 Å². The molecule has 0 unspecified atom stereocenters. The molecule has 2 atom stereocenters. The summed E-state index contributed by atoms with van der Waals surface area (Å²) in [5.74, 6) is -0.937. The predicted octanol–water partition coefficient (Wildman–Crippen LogP) is 2.24. The van der Waals surface area contributed by atoms with Gasteiger partial charge in [0.2, 0.25) is 17.7 Å². The quantitative estimate of drug-likeness (QED) is 0.871. The average molecular weight is 329 g/mol. The molecular weight excluding hydrogens is 310 g/mol. The van der Waals surface area contributed by atoms with Gasteiger partial charge in [-0.15, -0.1) is 10.2 Å². The number of aromatic nitrogens is 2. The first-order valence-electron chi connectivity index (χ1n) is 8.02. The molecular formula is C17H19N3O4. The molecule has 0 radical (unpaired) electrons. The van der Waals surface area contributed by atoms with E-state index in [1.807, 2.05) is 30.3 Å². The Morgan fingerprint density at radius 3 is 2.67 bits per heavy atom. The number of carboxylic acid groups (broad SMARTS) is 1. The molecule has 7 heteroatoms. The molecule has 0 bridgehead atoms. The number of hydrogen-bond donors (Lipinski definition) is 2. The van der Waals surface area contributed by atoms with E-state index in [-0.39, 0.29) is 18.4 Å². The summed E-state index contributed by atoms with van der Waals surface area (Å²) < 4.78 is 5.54. The molecule has 1 aromatic carbocycles. The lowest BCUT2D eigenvalue weighted by Crippen LogP contribution is -2.35. The summed E-state index contributed by atoms with van der Waals surface area (Å²) in [6.45, 7) is 0.146. The number of carbonyl (C=O) groups excluding carboxylic acids is 1. The van der Waals surface area contributed by atoms with E-state index < -0.39 is 11.9 Å². The van der Waals surface area contributed by atoms with Gasteiger partial charge in [-0.3, -0.25) is 9.59 Å². The molecule has 0 saturated heterocycles. The van der Waals surface area contributed by atoms with Crippen molar-refractivity contribution in [2.24, 2.45) is 11.8 Å². The molecule has 1 aliphatic rings. The minimum Gasteiger partial charge on any atom is -0.481 e. The first kappa shape index (κ1) is 16.2. The van der Waals surface area contributed by atoms with E-state index in [9.17, 15) is 9.59 Å². The van der Waals surface area contributed by atoms with Crippen LogP contribution < -0.4 is 5.32 Å². The zero-order chi connectivity index (χ0) is 16.9. The maximum absolute atomic E-state index is 12.2. The largest absolute Gasteiger partial charge is 0.481 e. The van der Waals surface area contributed by atoms with Crippen LogP contribution in [-0.2, 0) is 16.1 Å². The van der Waals surface area contributed by atoms with Crippen LogP contribution in [0.2, 0.25) is 0 Å². The molecule has 0 aliphatic heterocycles. The van der Waals surface area contributed by atoms with Crippen molar-refractivity contribution in [3.63, 3.8) is 0 Å². The zero-order valence-corrected chi connectivity index (χ0v) is 13.1. The van der Waals surface area contributed by atoms with Gasteiger partial charge < -0.3 is 14.8 Å². The highest BCUT2D eigenvalue weighted by Crippen LogP contribution is 2.29. The molecule has 1 aliphatic carbocycles. The molecule has 0 spiro atoms. The van der Waals surface area contributed by atoms with Gasteiger partial charge in [-0.25, -0.2) is 0 Å². The Labute approximate surface area is 139 Å². The average Bonchev–Trinajstić information content (AvgIpc) is 3.09. The van der Waals surface area contributed by atoms with Crippen molar-refractivity contribution in [2.45, 2.75) is 32.2 Å². The summed E-state index contributed by atoms with van der Waals surface area (Å²) in [6, 6.07) is 9.38. The molecule has 1 amide bonds. The van der Waals surface area contributed by atoms with E-state index in [2.05, 4.69) is 15.5 Å². The van der Waals surface area contributed by atoms with Gasteiger partial charge in [0.25, 0.3) is 0 Å². The Morgan fingerprint density at radius 2 is 1.92 bits per heavy atom. The van der Waals surface area contributed by atoms with Gasteiger partial charge >= 0.3 is 5.97 Å². The van der Waals surface area contributed by atoms with Gasteiger partial charge in [0.1, 0.15) is 0 Å². The van der Waals surface area contributed by atoms with E-state index in [1.165, 1.54) is 0 Å². The normalized spacial score (nSPS) is 20.5. The summed E-state index contributed by atoms with van der Waals surface area (Å²) in [5, 5.41) is 19.8. The van der Waals surface area contributed by atoms with Crippen molar-refractivity contribution in [1.82, 2.24) is 15.5 Å². The molecule has 2 aromatic rings. The minimum atomic E-state index is -0.822. The first-order valence-corrected chi connectivity index (χ1v) is 8.02. The Bertz CT molecular complexity index is 714. The fourth-order valence-corrected chi connectivity index (χ4v) is 2.98. The van der Waals surface area contributed by atoms with E-state index in [0.717, 1.165) is 12.0 Å². The lowest BCUT2D eigenvalue weighted by atomic mass is 9.81. The van der Waals surface area contributed by atoms with Crippen LogP contribution in [0, 0.1) is 11.8 Å². The van der Waals surface area contributed by atoms with Crippen molar-refractivity contribution in [3.05, 3.63) is 36.2 Å². The smallest absolute Gasteiger partial charge is 0.306 e. The third kappa shape index (κ3) is 3.79. The fourth-order valence-electron chi connectivity index (χ4n) is 2.98. The molecule has 1 aromatic heterocycles. The number of carbonyl (C=O) groups is 2. The number of hydrogen-bond acceptors (Lipinski definition) is 5. The highest BCUT2D eigenvalue weighted by Gasteiger charge is 2.31. The number of aliphatic carboxylic acids is 1. The second-order valence-electron chi connectivity index (χ2n) is 5.98. The van der Waals surface area contributed by atoms with Gasteiger partial charge in [-0.05, 0) is 31.4 Å². The van der Waals surface area contributed by atoms with Crippen LogP contribution in [-0.4, -0.2) is 27.2 Å². The van der Waals surface area contributed by atoms with Crippen LogP contribution in [0.5, 0.6) is 0 Å². The molecule has 1 fully saturated rings. The third-order valence-corrected chi connectivity index (χ3v) is 4.30. The number of nitrogens with zero attached hydrogens (tertiary/aromatic N) is 2. The van der Waals surface area contributed by atoms with Gasteiger partial charge in [0.15, 0.2) is 0 Å². The van der Waals surface area contributed by atoms with E-state index in [4.69, 9.17) is 9.52 Å². The summed E-state index contributed by atoms with van der Waals surface area (Å²) in [7, 11) is 0. The highest BCUT2D eigenvalue weighted by atomic mass is 16.4. The van der Waals surface area contributed by atoms with Gasteiger partial charge in [0, 0.05) is 11.5 Å². The molecule has 2 N–H and O–H groups in total.